The number of furan rings is 1. The molecule has 0 saturated heterocycles. The van der Waals surface area contributed by atoms with Gasteiger partial charge in [0.25, 0.3) is 5.91 Å². The minimum atomic E-state index is -0.474. The standard InChI is InChI=1S/C19H19FN2O4/c1-19(2,11-23)10-21-18(24)15-16(12-3-5-14(20)6-4-12)22-26-17(15)13-7-8-25-9-13/h3-9,23H,10-11H2,1-2H3,(H,21,24). The number of carbonyl (C=O) groups excluding carboxylic acids is 1. The SMILES string of the molecule is CC(C)(CO)CNC(=O)c1c(-c2ccc(F)cc2)noc1-c1ccoc1. The predicted octanol–water partition coefficient (Wildman–Crippen LogP) is 3.49. The van der Waals surface area contributed by atoms with Crippen molar-refractivity contribution in [3.8, 4) is 22.6 Å². The molecule has 0 unspecified atom stereocenters. The van der Waals surface area contributed by atoms with Crippen LogP contribution in [0.2, 0.25) is 0 Å². The van der Waals surface area contributed by atoms with Crippen molar-refractivity contribution in [1.82, 2.24) is 10.5 Å². The van der Waals surface area contributed by atoms with Crippen molar-refractivity contribution in [3.63, 3.8) is 0 Å². The van der Waals surface area contributed by atoms with Gasteiger partial charge < -0.3 is 19.4 Å². The Labute approximate surface area is 149 Å². The summed E-state index contributed by atoms with van der Waals surface area (Å²) in [5.74, 6) is -0.524. The van der Waals surface area contributed by atoms with E-state index in [4.69, 9.17) is 8.94 Å². The molecule has 3 rings (SSSR count). The van der Waals surface area contributed by atoms with Gasteiger partial charge in [-0.3, -0.25) is 4.79 Å². The highest BCUT2D eigenvalue weighted by molar-refractivity contribution is 6.04. The number of aliphatic hydroxyl groups excluding tert-OH is 1. The fourth-order valence-corrected chi connectivity index (χ4v) is 2.36. The first-order valence-electron chi connectivity index (χ1n) is 8.08. The van der Waals surface area contributed by atoms with Crippen molar-refractivity contribution in [2.45, 2.75) is 13.8 Å². The summed E-state index contributed by atoms with van der Waals surface area (Å²) in [6.07, 6.45) is 2.91. The van der Waals surface area contributed by atoms with Gasteiger partial charge in [-0.1, -0.05) is 19.0 Å². The van der Waals surface area contributed by atoms with Crippen LogP contribution in [-0.2, 0) is 0 Å². The maximum absolute atomic E-state index is 13.2. The second kappa shape index (κ2) is 7.13. The molecule has 0 saturated carbocycles. The van der Waals surface area contributed by atoms with Crippen LogP contribution >= 0.6 is 0 Å². The van der Waals surface area contributed by atoms with Gasteiger partial charge in [0, 0.05) is 24.1 Å². The van der Waals surface area contributed by atoms with E-state index < -0.39 is 11.3 Å². The molecule has 0 aliphatic rings. The first kappa shape index (κ1) is 17.9. The van der Waals surface area contributed by atoms with Crippen molar-refractivity contribution < 1.29 is 23.2 Å². The van der Waals surface area contributed by atoms with Crippen LogP contribution in [0.1, 0.15) is 24.2 Å². The van der Waals surface area contributed by atoms with Gasteiger partial charge in [0.15, 0.2) is 5.76 Å². The van der Waals surface area contributed by atoms with E-state index in [0.717, 1.165) is 0 Å². The quantitative estimate of drug-likeness (QED) is 0.704. The molecule has 136 valence electrons. The Morgan fingerprint density at radius 1 is 1.23 bits per heavy atom. The zero-order valence-electron chi connectivity index (χ0n) is 14.5. The molecule has 0 aliphatic heterocycles. The van der Waals surface area contributed by atoms with Crippen LogP contribution in [0.25, 0.3) is 22.6 Å². The lowest BCUT2D eigenvalue weighted by Crippen LogP contribution is -2.36. The van der Waals surface area contributed by atoms with Crippen molar-refractivity contribution >= 4 is 5.91 Å². The molecule has 1 aromatic carbocycles. The van der Waals surface area contributed by atoms with Crippen LogP contribution in [-0.4, -0.2) is 29.3 Å². The predicted molar refractivity (Wildman–Crippen MR) is 92.8 cm³/mol. The minimum Gasteiger partial charge on any atom is -0.472 e. The molecule has 0 radical (unpaired) electrons. The summed E-state index contributed by atoms with van der Waals surface area (Å²) in [5, 5.41) is 16.2. The van der Waals surface area contributed by atoms with E-state index in [9.17, 15) is 14.3 Å². The Balaban J connectivity index is 2.01. The number of hydrogen-bond acceptors (Lipinski definition) is 5. The molecule has 2 heterocycles. The topological polar surface area (TPSA) is 88.5 Å². The van der Waals surface area contributed by atoms with E-state index >= 15 is 0 Å². The maximum atomic E-state index is 13.2. The summed E-state index contributed by atoms with van der Waals surface area (Å²) in [6.45, 7) is 3.86. The molecule has 0 atom stereocenters. The number of aromatic nitrogens is 1. The molecular formula is C19H19FN2O4. The highest BCUT2D eigenvalue weighted by atomic mass is 19.1. The van der Waals surface area contributed by atoms with Crippen LogP contribution in [0.15, 0.2) is 51.8 Å². The van der Waals surface area contributed by atoms with Crippen LogP contribution in [0.3, 0.4) is 0 Å². The fourth-order valence-electron chi connectivity index (χ4n) is 2.36. The van der Waals surface area contributed by atoms with Gasteiger partial charge in [0.05, 0.1) is 11.8 Å². The third kappa shape index (κ3) is 3.67. The summed E-state index contributed by atoms with van der Waals surface area (Å²) in [5.41, 5.74) is 1.18. The third-order valence-electron chi connectivity index (χ3n) is 3.98. The van der Waals surface area contributed by atoms with Gasteiger partial charge in [-0.15, -0.1) is 0 Å². The second-order valence-electron chi connectivity index (χ2n) is 6.76. The number of benzene rings is 1. The van der Waals surface area contributed by atoms with Crippen molar-refractivity contribution in [3.05, 3.63) is 54.2 Å². The number of hydrogen-bond donors (Lipinski definition) is 2. The van der Waals surface area contributed by atoms with Gasteiger partial charge in [0.1, 0.15) is 23.3 Å². The number of aliphatic hydroxyl groups is 1. The normalized spacial score (nSPS) is 11.5. The molecule has 6 nitrogen and oxygen atoms in total. The van der Waals surface area contributed by atoms with Gasteiger partial charge in [0.2, 0.25) is 0 Å². The van der Waals surface area contributed by atoms with E-state index in [-0.39, 0.29) is 30.3 Å². The Hall–Kier alpha value is -2.93. The Morgan fingerprint density at radius 2 is 1.96 bits per heavy atom. The van der Waals surface area contributed by atoms with E-state index in [0.29, 0.717) is 16.8 Å². The first-order chi connectivity index (χ1) is 12.4. The highest BCUT2D eigenvalue weighted by Crippen LogP contribution is 2.32. The highest BCUT2D eigenvalue weighted by Gasteiger charge is 2.27. The fraction of sp³-hybridized carbons (Fsp3) is 0.263. The second-order valence-corrected chi connectivity index (χ2v) is 6.76. The monoisotopic (exact) mass is 358 g/mol. The third-order valence-corrected chi connectivity index (χ3v) is 3.98. The van der Waals surface area contributed by atoms with Gasteiger partial charge in [-0.2, -0.15) is 0 Å². The van der Waals surface area contributed by atoms with E-state index in [1.165, 1.54) is 36.8 Å². The molecule has 0 aliphatic carbocycles. The summed E-state index contributed by atoms with van der Waals surface area (Å²) in [4.78, 5) is 12.8. The zero-order chi connectivity index (χ0) is 18.7. The Morgan fingerprint density at radius 3 is 2.58 bits per heavy atom. The summed E-state index contributed by atoms with van der Waals surface area (Å²) in [7, 11) is 0. The molecule has 2 N–H and O–H groups in total. The summed E-state index contributed by atoms with van der Waals surface area (Å²) < 4.78 is 23.7. The number of carbonyl (C=O) groups is 1. The van der Waals surface area contributed by atoms with Crippen LogP contribution < -0.4 is 5.32 Å². The van der Waals surface area contributed by atoms with E-state index in [1.807, 2.05) is 13.8 Å². The van der Waals surface area contributed by atoms with Crippen LogP contribution in [0.5, 0.6) is 0 Å². The van der Waals surface area contributed by atoms with E-state index in [2.05, 4.69) is 10.5 Å². The molecule has 0 bridgehead atoms. The van der Waals surface area contributed by atoms with Gasteiger partial charge in [-0.25, -0.2) is 4.39 Å². The van der Waals surface area contributed by atoms with Crippen LogP contribution in [0.4, 0.5) is 4.39 Å². The average Bonchev–Trinajstić information content (AvgIpc) is 3.29. The molecule has 0 fully saturated rings. The lowest BCUT2D eigenvalue weighted by Gasteiger charge is -2.21. The van der Waals surface area contributed by atoms with Crippen molar-refractivity contribution in [1.29, 1.82) is 0 Å². The lowest BCUT2D eigenvalue weighted by molar-refractivity contribution is 0.0912. The van der Waals surface area contributed by atoms with Gasteiger partial charge >= 0.3 is 0 Å². The lowest BCUT2D eigenvalue weighted by atomic mass is 9.94. The number of rotatable bonds is 6. The summed E-state index contributed by atoms with van der Waals surface area (Å²) >= 11 is 0. The smallest absolute Gasteiger partial charge is 0.257 e. The number of nitrogens with one attached hydrogen (secondary N) is 1. The average molecular weight is 358 g/mol. The molecule has 2 aromatic heterocycles. The molecule has 1 amide bonds. The number of nitrogens with zero attached hydrogens (tertiary/aromatic N) is 1. The number of halogens is 1. The largest absolute Gasteiger partial charge is 0.472 e. The maximum Gasteiger partial charge on any atom is 0.257 e. The van der Waals surface area contributed by atoms with Crippen LogP contribution in [0, 0.1) is 11.2 Å². The Bertz CT molecular complexity index is 883. The van der Waals surface area contributed by atoms with E-state index in [1.54, 1.807) is 6.07 Å². The Kier molecular flexibility index (Phi) is 4.90. The van der Waals surface area contributed by atoms with Crippen molar-refractivity contribution in [2.24, 2.45) is 5.41 Å². The molecule has 0 spiro atoms. The summed E-state index contributed by atoms with van der Waals surface area (Å²) in [6, 6.07) is 7.29. The zero-order valence-corrected chi connectivity index (χ0v) is 14.5. The van der Waals surface area contributed by atoms with Crippen molar-refractivity contribution in [2.75, 3.05) is 13.2 Å². The molecular weight excluding hydrogens is 339 g/mol. The number of amides is 1. The molecule has 7 heteroatoms. The molecule has 26 heavy (non-hydrogen) atoms. The minimum absolute atomic E-state index is 0.0731. The van der Waals surface area contributed by atoms with Gasteiger partial charge in [-0.05, 0) is 30.3 Å². The molecule has 3 aromatic rings. The first-order valence-corrected chi connectivity index (χ1v) is 8.08.